The van der Waals surface area contributed by atoms with Gasteiger partial charge in [0.2, 0.25) is 10.0 Å². The lowest BCUT2D eigenvalue weighted by molar-refractivity contribution is 0.598. The van der Waals surface area contributed by atoms with Crippen molar-refractivity contribution >= 4 is 32.5 Å². The summed E-state index contributed by atoms with van der Waals surface area (Å²) in [6, 6.07) is 11.7. The molecule has 1 aromatic heterocycles. The van der Waals surface area contributed by atoms with Crippen molar-refractivity contribution in [3.8, 4) is 11.3 Å². The molecule has 7 heteroatoms. The van der Waals surface area contributed by atoms with Crippen LogP contribution < -0.4 is 5.14 Å². The van der Waals surface area contributed by atoms with E-state index >= 15 is 0 Å². The molecule has 0 amide bonds. The molecule has 0 fully saturated rings. The zero-order valence-electron chi connectivity index (χ0n) is 10.2. The normalized spacial score (nSPS) is 11.9. The minimum atomic E-state index is -3.74. The number of nitrogens with zero attached hydrogens (tertiary/aromatic N) is 1. The first kappa shape index (κ1) is 13.1. The summed E-state index contributed by atoms with van der Waals surface area (Å²) in [5, 5.41) is 13.6. The Labute approximate surface area is 120 Å². The Balaban J connectivity index is 2.23. The first-order valence-corrected chi connectivity index (χ1v) is 7.64. The second kappa shape index (κ2) is 4.59. The van der Waals surface area contributed by atoms with Crippen molar-refractivity contribution < 1.29 is 8.42 Å². The molecular weight excluding hydrogens is 298 g/mol. The van der Waals surface area contributed by atoms with Crippen molar-refractivity contribution in [2.45, 2.75) is 4.90 Å². The molecule has 20 heavy (non-hydrogen) atoms. The van der Waals surface area contributed by atoms with Crippen LogP contribution in [0.1, 0.15) is 0 Å². The van der Waals surface area contributed by atoms with Gasteiger partial charge in [-0.05, 0) is 30.3 Å². The van der Waals surface area contributed by atoms with Crippen LogP contribution >= 0.6 is 11.6 Å². The maximum atomic E-state index is 11.4. The molecule has 0 saturated carbocycles. The van der Waals surface area contributed by atoms with Crippen molar-refractivity contribution in [3.05, 3.63) is 47.5 Å². The third-order valence-corrected chi connectivity index (χ3v) is 4.11. The van der Waals surface area contributed by atoms with E-state index < -0.39 is 10.0 Å². The summed E-state index contributed by atoms with van der Waals surface area (Å²) in [7, 11) is -3.74. The van der Waals surface area contributed by atoms with Gasteiger partial charge in [-0.1, -0.05) is 23.7 Å². The molecule has 3 rings (SSSR count). The monoisotopic (exact) mass is 307 g/mol. The van der Waals surface area contributed by atoms with E-state index in [1.807, 2.05) is 6.07 Å². The van der Waals surface area contributed by atoms with Crippen molar-refractivity contribution in [2.75, 3.05) is 0 Å². The average Bonchev–Trinajstić information content (AvgIpc) is 2.81. The number of sulfonamides is 1. The summed E-state index contributed by atoms with van der Waals surface area (Å²) in [6.07, 6.45) is 0. The molecule has 3 aromatic rings. The number of aromatic amines is 1. The predicted octanol–water partition coefficient (Wildman–Crippen LogP) is 2.53. The number of hydrogen-bond acceptors (Lipinski definition) is 3. The van der Waals surface area contributed by atoms with Crippen LogP contribution in [0.25, 0.3) is 22.2 Å². The molecule has 1 heterocycles. The number of nitrogens with two attached hydrogens (primary N) is 1. The van der Waals surface area contributed by atoms with Gasteiger partial charge >= 0.3 is 0 Å². The minimum absolute atomic E-state index is 0.0492. The Morgan fingerprint density at radius 2 is 1.95 bits per heavy atom. The molecule has 0 saturated heterocycles. The largest absolute Gasteiger partial charge is 0.277 e. The highest BCUT2D eigenvalue weighted by atomic mass is 35.5. The van der Waals surface area contributed by atoms with E-state index in [1.165, 1.54) is 12.1 Å². The van der Waals surface area contributed by atoms with Crippen LogP contribution in [-0.4, -0.2) is 18.6 Å². The average molecular weight is 308 g/mol. The van der Waals surface area contributed by atoms with Gasteiger partial charge in [0.25, 0.3) is 0 Å². The first-order valence-electron chi connectivity index (χ1n) is 5.72. The maximum absolute atomic E-state index is 11.4. The number of fused-ring (bicyclic) bond motifs is 1. The fraction of sp³-hybridized carbons (Fsp3) is 0. The van der Waals surface area contributed by atoms with Gasteiger partial charge in [-0.15, -0.1) is 0 Å². The van der Waals surface area contributed by atoms with Gasteiger partial charge in [0, 0.05) is 16.0 Å². The lowest BCUT2D eigenvalue weighted by atomic mass is 10.1. The van der Waals surface area contributed by atoms with Crippen molar-refractivity contribution in [3.63, 3.8) is 0 Å². The summed E-state index contributed by atoms with van der Waals surface area (Å²) >= 11 is 5.98. The Kier molecular flexibility index (Phi) is 3.01. The lowest BCUT2D eigenvalue weighted by Gasteiger charge is -2.02. The van der Waals surface area contributed by atoms with Gasteiger partial charge in [-0.2, -0.15) is 5.10 Å². The number of primary sulfonamides is 1. The van der Waals surface area contributed by atoms with Gasteiger partial charge in [0.05, 0.1) is 16.1 Å². The first-order chi connectivity index (χ1) is 9.45. The molecule has 3 N–H and O–H groups in total. The number of benzene rings is 2. The summed E-state index contributed by atoms with van der Waals surface area (Å²) in [5.41, 5.74) is 2.11. The Bertz CT molecular complexity index is 903. The summed E-state index contributed by atoms with van der Waals surface area (Å²) in [5.74, 6) is 0. The molecule has 0 bridgehead atoms. The Morgan fingerprint density at radius 1 is 1.15 bits per heavy atom. The molecule has 0 radical (unpaired) electrons. The fourth-order valence-electron chi connectivity index (χ4n) is 2.03. The zero-order valence-corrected chi connectivity index (χ0v) is 11.7. The van der Waals surface area contributed by atoms with E-state index in [2.05, 4.69) is 10.2 Å². The van der Waals surface area contributed by atoms with Gasteiger partial charge in [0.15, 0.2) is 0 Å². The molecule has 102 valence electrons. The molecular formula is C13H10ClN3O2S. The zero-order chi connectivity index (χ0) is 14.3. The quantitative estimate of drug-likeness (QED) is 0.762. The topological polar surface area (TPSA) is 88.8 Å². The molecule has 0 aliphatic rings. The van der Waals surface area contributed by atoms with Crippen LogP contribution in [-0.2, 0) is 10.0 Å². The highest BCUT2D eigenvalue weighted by Gasteiger charge is 2.12. The van der Waals surface area contributed by atoms with E-state index in [4.69, 9.17) is 16.7 Å². The van der Waals surface area contributed by atoms with Crippen LogP contribution in [0, 0.1) is 0 Å². The van der Waals surface area contributed by atoms with Gasteiger partial charge in [0.1, 0.15) is 0 Å². The number of hydrogen-bond donors (Lipinski definition) is 2. The number of nitrogens with one attached hydrogen (secondary N) is 1. The van der Waals surface area contributed by atoms with Crippen LogP contribution in [0.15, 0.2) is 47.4 Å². The van der Waals surface area contributed by atoms with Crippen LogP contribution in [0.2, 0.25) is 5.02 Å². The highest BCUT2D eigenvalue weighted by molar-refractivity contribution is 7.89. The van der Waals surface area contributed by atoms with Crippen LogP contribution in [0.4, 0.5) is 0 Å². The van der Waals surface area contributed by atoms with Crippen LogP contribution in [0.3, 0.4) is 0 Å². The van der Waals surface area contributed by atoms with Crippen LogP contribution in [0.5, 0.6) is 0 Å². The smallest absolute Gasteiger partial charge is 0.238 e. The van der Waals surface area contributed by atoms with E-state index in [1.54, 1.807) is 24.3 Å². The third kappa shape index (κ3) is 2.29. The molecule has 0 aliphatic heterocycles. The van der Waals surface area contributed by atoms with Crippen molar-refractivity contribution in [1.29, 1.82) is 0 Å². The predicted molar refractivity (Wildman–Crippen MR) is 77.9 cm³/mol. The second-order valence-electron chi connectivity index (χ2n) is 4.33. The van der Waals surface area contributed by atoms with E-state index in [0.717, 1.165) is 10.9 Å². The minimum Gasteiger partial charge on any atom is -0.277 e. The van der Waals surface area contributed by atoms with Gasteiger partial charge in [-0.3, -0.25) is 5.10 Å². The van der Waals surface area contributed by atoms with E-state index in [-0.39, 0.29) is 4.90 Å². The number of halogens is 1. The molecule has 0 aliphatic carbocycles. The van der Waals surface area contributed by atoms with Crippen molar-refractivity contribution in [1.82, 2.24) is 10.2 Å². The number of H-pyrrole nitrogens is 1. The Hall–Kier alpha value is -1.89. The molecule has 0 atom stereocenters. The third-order valence-electron chi connectivity index (χ3n) is 2.96. The van der Waals surface area contributed by atoms with Gasteiger partial charge in [-0.25, -0.2) is 13.6 Å². The summed E-state index contributed by atoms with van der Waals surface area (Å²) in [6.45, 7) is 0. The summed E-state index contributed by atoms with van der Waals surface area (Å²) < 4.78 is 22.8. The number of aromatic nitrogens is 2. The fourth-order valence-corrected chi connectivity index (χ4v) is 2.76. The van der Waals surface area contributed by atoms with Gasteiger partial charge < -0.3 is 0 Å². The highest BCUT2D eigenvalue weighted by Crippen LogP contribution is 2.29. The Morgan fingerprint density at radius 3 is 2.70 bits per heavy atom. The number of rotatable bonds is 2. The van der Waals surface area contributed by atoms with E-state index in [0.29, 0.717) is 16.3 Å². The molecule has 0 unspecified atom stereocenters. The lowest BCUT2D eigenvalue weighted by Crippen LogP contribution is -2.11. The standard InChI is InChI=1S/C13H10ClN3O2S/c14-9-4-5-12-11(7-9)13(17-16-12)8-2-1-3-10(6-8)20(15,18)19/h1-7H,(H,16,17)(H2,15,18,19). The molecule has 2 aromatic carbocycles. The second-order valence-corrected chi connectivity index (χ2v) is 6.33. The summed E-state index contributed by atoms with van der Waals surface area (Å²) in [4.78, 5) is 0.0492. The maximum Gasteiger partial charge on any atom is 0.238 e. The molecule has 0 spiro atoms. The van der Waals surface area contributed by atoms with E-state index in [9.17, 15) is 8.42 Å². The SMILES string of the molecule is NS(=O)(=O)c1cccc(-c2n[nH]c3ccc(Cl)cc23)c1. The molecule has 5 nitrogen and oxygen atoms in total. The van der Waals surface area contributed by atoms with Crippen molar-refractivity contribution in [2.24, 2.45) is 5.14 Å².